The van der Waals surface area contributed by atoms with Crippen molar-refractivity contribution >= 4 is 15.9 Å². The Balaban J connectivity index is 2.32. The van der Waals surface area contributed by atoms with E-state index in [1.54, 1.807) is 0 Å². The molecule has 1 rings (SSSR count). The Morgan fingerprint density at radius 1 is 1.31 bits per heavy atom. The van der Waals surface area contributed by atoms with Gasteiger partial charge in [-0.1, -0.05) is 54.2 Å². The van der Waals surface area contributed by atoms with Crippen LogP contribution in [0.1, 0.15) is 38.2 Å². The monoisotopic (exact) mass is 239 g/mol. The molecule has 0 N–H and O–H groups in total. The van der Waals surface area contributed by atoms with Crippen LogP contribution < -0.4 is 0 Å². The average Bonchev–Trinajstić information content (AvgIpc) is 2.15. The zero-order chi connectivity index (χ0) is 9.52. The van der Waals surface area contributed by atoms with E-state index >= 15 is 0 Å². The van der Waals surface area contributed by atoms with E-state index in [0.717, 1.165) is 0 Å². The first-order valence-corrected chi connectivity index (χ1v) is 5.78. The Labute approximate surface area is 89.5 Å². The van der Waals surface area contributed by atoms with Crippen LogP contribution in [0.15, 0.2) is 22.7 Å². The maximum Gasteiger partial charge on any atom is 0.0213 e. The highest BCUT2D eigenvalue weighted by Crippen LogP contribution is 2.18. The molecule has 0 unspecified atom stereocenters. The number of aryl methyl sites for hydroxylation is 1. The molecule has 1 aromatic carbocycles. The van der Waals surface area contributed by atoms with Gasteiger partial charge in [0.2, 0.25) is 0 Å². The summed E-state index contributed by atoms with van der Waals surface area (Å²) < 4.78 is 1.20. The standard InChI is InChI=1S/C12H16Br/c1-2-3-4-5-8-11-9-6-7-10-12(11)13/h6,9-10H,2-5,8H2,1H3. The summed E-state index contributed by atoms with van der Waals surface area (Å²) in [5.41, 5.74) is 1.41. The normalized spacial score (nSPS) is 10.3. The molecule has 0 aliphatic rings. The molecular weight excluding hydrogens is 224 g/mol. The summed E-state index contributed by atoms with van der Waals surface area (Å²) >= 11 is 3.53. The minimum Gasteiger partial charge on any atom is -0.0654 e. The van der Waals surface area contributed by atoms with Gasteiger partial charge in [-0.3, -0.25) is 0 Å². The first kappa shape index (κ1) is 10.8. The molecule has 0 saturated heterocycles. The summed E-state index contributed by atoms with van der Waals surface area (Å²) in [6, 6.07) is 9.19. The number of hydrogen-bond acceptors (Lipinski definition) is 0. The lowest BCUT2D eigenvalue weighted by Crippen LogP contribution is -1.86. The fraction of sp³-hybridized carbons (Fsp3) is 0.500. The number of unbranched alkanes of at least 4 members (excludes halogenated alkanes) is 3. The van der Waals surface area contributed by atoms with Crippen LogP contribution in [0.4, 0.5) is 0 Å². The van der Waals surface area contributed by atoms with Crippen molar-refractivity contribution in [3.05, 3.63) is 34.3 Å². The lowest BCUT2D eigenvalue weighted by Gasteiger charge is -2.02. The van der Waals surface area contributed by atoms with E-state index in [1.807, 2.05) is 12.1 Å². The van der Waals surface area contributed by atoms with Crippen molar-refractivity contribution in [2.75, 3.05) is 0 Å². The number of benzene rings is 1. The van der Waals surface area contributed by atoms with Crippen LogP contribution in [0.25, 0.3) is 0 Å². The number of hydrogen-bond donors (Lipinski definition) is 0. The van der Waals surface area contributed by atoms with Crippen LogP contribution in [0.5, 0.6) is 0 Å². The highest BCUT2D eigenvalue weighted by Gasteiger charge is 1.97. The summed E-state index contributed by atoms with van der Waals surface area (Å²) in [4.78, 5) is 0. The van der Waals surface area contributed by atoms with Crippen LogP contribution in [0, 0.1) is 6.07 Å². The maximum atomic E-state index is 3.53. The maximum absolute atomic E-state index is 3.53. The second-order valence-electron chi connectivity index (χ2n) is 3.33. The Bertz CT molecular complexity index is 243. The molecule has 1 aromatic rings. The molecule has 0 aromatic heterocycles. The summed E-state index contributed by atoms with van der Waals surface area (Å²) in [6.45, 7) is 2.24. The molecule has 71 valence electrons. The van der Waals surface area contributed by atoms with Crippen LogP contribution in [-0.2, 0) is 6.42 Å². The Morgan fingerprint density at radius 2 is 2.15 bits per heavy atom. The smallest absolute Gasteiger partial charge is 0.0213 e. The van der Waals surface area contributed by atoms with Crippen LogP contribution in [-0.4, -0.2) is 0 Å². The van der Waals surface area contributed by atoms with Gasteiger partial charge in [0.1, 0.15) is 0 Å². The molecule has 1 radical (unpaired) electrons. The lowest BCUT2D eigenvalue weighted by atomic mass is 10.1. The third-order valence-corrected chi connectivity index (χ3v) is 2.94. The SMILES string of the molecule is CCCCCCc1cc[c]cc1Br. The minimum absolute atomic E-state index is 1.19. The molecule has 0 fully saturated rings. The van der Waals surface area contributed by atoms with Gasteiger partial charge in [-0.15, -0.1) is 0 Å². The fourth-order valence-electron chi connectivity index (χ4n) is 1.39. The van der Waals surface area contributed by atoms with Gasteiger partial charge < -0.3 is 0 Å². The fourth-order valence-corrected chi connectivity index (χ4v) is 1.85. The highest BCUT2D eigenvalue weighted by molar-refractivity contribution is 9.10. The van der Waals surface area contributed by atoms with Gasteiger partial charge in [0.15, 0.2) is 0 Å². The van der Waals surface area contributed by atoms with E-state index < -0.39 is 0 Å². The van der Waals surface area contributed by atoms with E-state index in [2.05, 4.69) is 35.0 Å². The summed E-state index contributed by atoms with van der Waals surface area (Å²) in [7, 11) is 0. The molecule has 0 saturated carbocycles. The van der Waals surface area contributed by atoms with Gasteiger partial charge >= 0.3 is 0 Å². The first-order valence-electron chi connectivity index (χ1n) is 4.99. The zero-order valence-corrected chi connectivity index (χ0v) is 9.73. The number of halogens is 1. The van der Waals surface area contributed by atoms with Gasteiger partial charge in [0, 0.05) is 4.47 Å². The number of rotatable bonds is 5. The molecule has 0 atom stereocenters. The largest absolute Gasteiger partial charge is 0.0654 e. The van der Waals surface area contributed by atoms with Gasteiger partial charge in [0.25, 0.3) is 0 Å². The molecule has 0 heterocycles. The van der Waals surface area contributed by atoms with Gasteiger partial charge in [0.05, 0.1) is 0 Å². The van der Waals surface area contributed by atoms with Crippen molar-refractivity contribution in [2.45, 2.75) is 39.0 Å². The van der Waals surface area contributed by atoms with Crippen LogP contribution in [0.2, 0.25) is 0 Å². The molecule has 0 aliphatic heterocycles. The third kappa shape index (κ3) is 3.95. The quantitative estimate of drug-likeness (QED) is 0.670. The third-order valence-electron chi connectivity index (χ3n) is 2.20. The average molecular weight is 240 g/mol. The second kappa shape index (κ2) is 6.20. The van der Waals surface area contributed by atoms with Crippen molar-refractivity contribution in [2.24, 2.45) is 0 Å². The van der Waals surface area contributed by atoms with Crippen LogP contribution in [0.3, 0.4) is 0 Å². The molecule has 0 bridgehead atoms. The summed E-state index contributed by atoms with van der Waals surface area (Å²) in [5, 5.41) is 0. The predicted octanol–water partition coefficient (Wildman–Crippen LogP) is 4.37. The van der Waals surface area contributed by atoms with Gasteiger partial charge in [-0.25, -0.2) is 0 Å². The van der Waals surface area contributed by atoms with Gasteiger partial charge in [-0.05, 0) is 30.5 Å². The molecule has 0 spiro atoms. The summed E-state index contributed by atoms with van der Waals surface area (Å²) in [6.07, 6.45) is 6.51. The molecule has 13 heavy (non-hydrogen) atoms. The summed E-state index contributed by atoms with van der Waals surface area (Å²) in [5.74, 6) is 0. The topological polar surface area (TPSA) is 0 Å². The van der Waals surface area contributed by atoms with E-state index in [0.29, 0.717) is 0 Å². The van der Waals surface area contributed by atoms with Gasteiger partial charge in [-0.2, -0.15) is 0 Å². The zero-order valence-electron chi connectivity index (χ0n) is 8.15. The molecule has 0 aliphatic carbocycles. The lowest BCUT2D eigenvalue weighted by molar-refractivity contribution is 0.666. The molecular formula is C12H16Br. The van der Waals surface area contributed by atoms with Crippen molar-refractivity contribution in [3.63, 3.8) is 0 Å². The van der Waals surface area contributed by atoms with E-state index in [9.17, 15) is 0 Å². The van der Waals surface area contributed by atoms with E-state index in [4.69, 9.17) is 0 Å². The van der Waals surface area contributed by atoms with Crippen molar-refractivity contribution in [1.29, 1.82) is 0 Å². The Kier molecular flexibility index (Phi) is 5.14. The second-order valence-corrected chi connectivity index (χ2v) is 4.18. The van der Waals surface area contributed by atoms with Crippen molar-refractivity contribution < 1.29 is 0 Å². The van der Waals surface area contributed by atoms with E-state index in [-0.39, 0.29) is 0 Å². The Hall–Kier alpha value is -0.300. The first-order chi connectivity index (χ1) is 6.34. The van der Waals surface area contributed by atoms with Crippen molar-refractivity contribution in [3.8, 4) is 0 Å². The predicted molar refractivity (Wildman–Crippen MR) is 60.8 cm³/mol. The van der Waals surface area contributed by atoms with E-state index in [1.165, 1.54) is 42.1 Å². The Morgan fingerprint density at radius 3 is 2.85 bits per heavy atom. The molecule has 1 heteroatoms. The van der Waals surface area contributed by atoms with Crippen molar-refractivity contribution in [1.82, 2.24) is 0 Å². The minimum atomic E-state index is 1.19. The highest BCUT2D eigenvalue weighted by atomic mass is 79.9. The van der Waals surface area contributed by atoms with Crippen LogP contribution >= 0.6 is 15.9 Å². The molecule has 0 amide bonds. The molecule has 0 nitrogen and oxygen atoms in total.